The summed E-state index contributed by atoms with van der Waals surface area (Å²) in [5, 5.41) is 0. The molecule has 0 unspecified atom stereocenters. The van der Waals surface area contributed by atoms with Crippen LogP contribution in [0.25, 0.3) is 11.7 Å². The standard InChI is InChI=1S/C29H29N5O5S2/c35-27-21(15-24-28(36)34(29(40)41-24)17-20-4-3-13-37-20)26(30-25-5-1-2-8-33(25)27)32-11-9-31(10-12-32)16-19-6-7-22-23(14-19)39-18-38-22/h1-2,5-8,14-15,20H,3-4,9-13,16-18H2/b24-15-/t20-/m1/s1. The number of carbonyl (C=O) groups excluding carboxylic acids is 1. The van der Waals surface area contributed by atoms with Gasteiger partial charge < -0.3 is 19.1 Å². The highest BCUT2D eigenvalue weighted by atomic mass is 32.2. The molecule has 2 aromatic heterocycles. The van der Waals surface area contributed by atoms with Crippen molar-refractivity contribution in [3.8, 4) is 11.5 Å². The zero-order valence-corrected chi connectivity index (χ0v) is 24.0. The first-order chi connectivity index (χ1) is 20.0. The first kappa shape index (κ1) is 26.4. The van der Waals surface area contributed by atoms with Gasteiger partial charge in [-0.1, -0.05) is 36.1 Å². The Kier molecular flexibility index (Phi) is 7.15. The molecule has 0 aliphatic carbocycles. The maximum absolute atomic E-state index is 13.8. The molecule has 3 aromatic rings. The Morgan fingerprint density at radius 2 is 1.93 bits per heavy atom. The molecule has 12 heteroatoms. The molecule has 0 spiro atoms. The van der Waals surface area contributed by atoms with Gasteiger partial charge in [0, 0.05) is 45.5 Å². The number of carbonyl (C=O) groups is 1. The van der Waals surface area contributed by atoms with Crippen LogP contribution in [0.2, 0.25) is 0 Å². The molecule has 10 nitrogen and oxygen atoms in total. The van der Waals surface area contributed by atoms with Crippen molar-refractivity contribution in [2.24, 2.45) is 0 Å². The second kappa shape index (κ2) is 11.1. The van der Waals surface area contributed by atoms with Gasteiger partial charge in [-0.05, 0) is 48.7 Å². The highest BCUT2D eigenvalue weighted by Gasteiger charge is 2.35. The first-order valence-electron chi connectivity index (χ1n) is 13.8. The zero-order chi connectivity index (χ0) is 27.9. The molecule has 0 N–H and O–H groups in total. The van der Waals surface area contributed by atoms with Crippen LogP contribution in [0.5, 0.6) is 11.5 Å². The summed E-state index contributed by atoms with van der Waals surface area (Å²) in [7, 11) is 0. The van der Waals surface area contributed by atoms with Crippen molar-refractivity contribution in [2.45, 2.75) is 25.5 Å². The van der Waals surface area contributed by atoms with E-state index in [1.165, 1.54) is 16.2 Å². The van der Waals surface area contributed by atoms with Crippen molar-refractivity contribution in [3.05, 3.63) is 69.0 Å². The van der Waals surface area contributed by atoms with E-state index < -0.39 is 0 Å². The number of hydrogen-bond acceptors (Lipinski definition) is 10. The van der Waals surface area contributed by atoms with Crippen LogP contribution in [0.3, 0.4) is 0 Å². The monoisotopic (exact) mass is 591 g/mol. The molecule has 1 aromatic carbocycles. The number of thiocarbonyl (C=S) groups is 1. The fourth-order valence-corrected chi connectivity index (χ4v) is 6.91. The summed E-state index contributed by atoms with van der Waals surface area (Å²) in [4.78, 5) is 38.6. The number of benzene rings is 1. The minimum atomic E-state index is -0.210. The minimum Gasteiger partial charge on any atom is -0.454 e. The van der Waals surface area contributed by atoms with Crippen molar-refractivity contribution < 1.29 is 19.0 Å². The molecule has 41 heavy (non-hydrogen) atoms. The summed E-state index contributed by atoms with van der Waals surface area (Å²) in [6.45, 7) is 5.19. The van der Waals surface area contributed by atoms with E-state index in [-0.39, 0.29) is 24.4 Å². The van der Waals surface area contributed by atoms with E-state index in [4.69, 9.17) is 31.4 Å². The summed E-state index contributed by atoms with van der Waals surface area (Å²) < 4.78 is 18.7. The Hall–Kier alpha value is -3.45. The lowest BCUT2D eigenvalue weighted by Gasteiger charge is -2.36. The number of pyridine rings is 1. The van der Waals surface area contributed by atoms with Gasteiger partial charge in [-0.15, -0.1) is 0 Å². The van der Waals surface area contributed by atoms with Gasteiger partial charge in [0.15, 0.2) is 11.5 Å². The Morgan fingerprint density at radius 1 is 1.07 bits per heavy atom. The van der Waals surface area contributed by atoms with Crippen LogP contribution in [-0.2, 0) is 16.1 Å². The molecule has 4 aliphatic rings. The number of aromatic nitrogens is 2. The maximum Gasteiger partial charge on any atom is 0.267 e. The fourth-order valence-electron chi connectivity index (χ4n) is 5.65. The number of rotatable bonds is 6. The van der Waals surface area contributed by atoms with Gasteiger partial charge in [0.2, 0.25) is 6.79 Å². The van der Waals surface area contributed by atoms with Gasteiger partial charge in [-0.3, -0.25) is 23.8 Å². The molecular formula is C29H29N5O5S2. The third-order valence-electron chi connectivity index (χ3n) is 7.82. The number of piperazine rings is 1. The van der Waals surface area contributed by atoms with Gasteiger partial charge in [0.05, 0.1) is 23.1 Å². The second-order valence-corrected chi connectivity index (χ2v) is 12.1. The molecule has 0 bridgehead atoms. The minimum absolute atomic E-state index is 0.00525. The molecule has 7 rings (SSSR count). The third kappa shape index (κ3) is 5.21. The number of amides is 1. The Labute approximate surface area is 246 Å². The van der Waals surface area contributed by atoms with Crippen molar-refractivity contribution in [1.29, 1.82) is 0 Å². The van der Waals surface area contributed by atoms with Gasteiger partial charge in [0.25, 0.3) is 11.5 Å². The first-order valence-corrected chi connectivity index (χ1v) is 15.0. The number of ether oxygens (including phenoxy) is 3. The van der Waals surface area contributed by atoms with E-state index in [1.807, 2.05) is 24.3 Å². The summed E-state index contributed by atoms with van der Waals surface area (Å²) in [6, 6.07) is 11.6. The van der Waals surface area contributed by atoms with Crippen molar-refractivity contribution in [3.63, 3.8) is 0 Å². The smallest absolute Gasteiger partial charge is 0.267 e. The van der Waals surface area contributed by atoms with Crippen molar-refractivity contribution >= 4 is 51.7 Å². The lowest BCUT2D eigenvalue weighted by atomic mass is 10.1. The zero-order valence-electron chi connectivity index (χ0n) is 22.4. The normalized spacial score (nSPS) is 22.0. The van der Waals surface area contributed by atoms with Crippen LogP contribution >= 0.6 is 24.0 Å². The van der Waals surface area contributed by atoms with E-state index in [0.29, 0.717) is 52.5 Å². The predicted octanol–water partition coefficient (Wildman–Crippen LogP) is 3.13. The highest BCUT2D eigenvalue weighted by molar-refractivity contribution is 8.26. The lowest BCUT2D eigenvalue weighted by Crippen LogP contribution is -2.47. The molecule has 1 atom stereocenters. The Morgan fingerprint density at radius 3 is 2.76 bits per heavy atom. The van der Waals surface area contributed by atoms with Crippen LogP contribution in [-0.4, -0.2) is 81.6 Å². The van der Waals surface area contributed by atoms with E-state index in [2.05, 4.69) is 15.9 Å². The van der Waals surface area contributed by atoms with Crippen molar-refractivity contribution in [1.82, 2.24) is 19.2 Å². The largest absolute Gasteiger partial charge is 0.454 e. The Balaban J connectivity index is 1.14. The summed E-state index contributed by atoms with van der Waals surface area (Å²) in [5.41, 5.74) is 1.92. The SMILES string of the molecule is O=C1/C(=C/c2c(N3CCN(Cc4ccc5c(c4)OCO5)CC3)nc3ccccn3c2=O)SC(=S)N1C[C@H]1CCCO1. The highest BCUT2D eigenvalue weighted by Crippen LogP contribution is 2.35. The van der Waals surface area contributed by atoms with Gasteiger partial charge in [-0.25, -0.2) is 4.98 Å². The molecular weight excluding hydrogens is 562 g/mol. The second-order valence-electron chi connectivity index (χ2n) is 10.5. The van der Waals surface area contributed by atoms with Gasteiger partial charge in [-0.2, -0.15) is 0 Å². The summed E-state index contributed by atoms with van der Waals surface area (Å²) >= 11 is 6.78. The predicted molar refractivity (Wildman–Crippen MR) is 160 cm³/mol. The molecule has 0 saturated carbocycles. The molecule has 3 saturated heterocycles. The molecule has 0 radical (unpaired) electrons. The fraction of sp³-hybridized carbons (Fsp3) is 0.379. The number of nitrogens with zero attached hydrogens (tertiary/aromatic N) is 5. The lowest BCUT2D eigenvalue weighted by molar-refractivity contribution is -0.123. The molecule has 1 amide bonds. The average molecular weight is 592 g/mol. The van der Waals surface area contributed by atoms with E-state index in [0.717, 1.165) is 49.5 Å². The van der Waals surface area contributed by atoms with E-state index >= 15 is 0 Å². The maximum atomic E-state index is 13.8. The van der Waals surface area contributed by atoms with Crippen LogP contribution < -0.4 is 19.9 Å². The van der Waals surface area contributed by atoms with Crippen LogP contribution in [0.1, 0.15) is 24.0 Å². The van der Waals surface area contributed by atoms with Crippen molar-refractivity contribution in [2.75, 3.05) is 51.0 Å². The number of hydrogen-bond donors (Lipinski definition) is 0. The number of anilines is 1. The topological polar surface area (TPSA) is 88.8 Å². The number of thioether (sulfide) groups is 1. The quantitative estimate of drug-likeness (QED) is 0.315. The summed E-state index contributed by atoms with van der Waals surface area (Å²) in [6.07, 6.45) is 5.28. The van der Waals surface area contributed by atoms with Gasteiger partial charge >= 0.3 is 0 Å². The molecule has 4 aliphatic heterocycles. The van der Waals surface area contributed by atoms with E-state index in [1.54, 1.807) is 23.2 Å². The Bertz CT molecular complexity index is 1610. The van der Waals surface area contributed by atoms with Crippen LogP contribution in [0.15, 0.2) is 52.3 Å². The van der Waals surface area contributed by atoms with Crippen LogP contribution in [0, 0.1) is 0 Å². The molecule has 212 valence electrons. The number of fused-ring (bicyclic) bond motifs is 2. The third-order valence-corrected chi connectivity index (χ3v) is 9.20. The van der Waals surface area contributed by atoms with Crippen LogP contribution in [0.4, 0.5) is 5.82 Å². The van der Waals surface area contributed by atoms with E-state index in [9.17, 15) is 9.59 Å². The molecule has 6 heterocycles. The van der Waals surface area contributed by atoms with Gasteiger partial charge in [0.1, 0.15) is 15.8 Å². The average Bonchev–Trinajstić information content (AvgIpc) is 3.73. The molecule has 3 fully saturated rings. The summed E-state index contributed by atoms with van der Waals surface area (Å²) in [5.74, 6) is 1.97.